The zero-order valence-corrected chi connectivity index (χ0v) is 16.6. The number of ether oxygens (including phenoxy) is 1. The quantitative estimate of drug-likeness (QED) is 0.679. The highest BCUT2D eigenvalue weighted by Crippen LogP contribution is 2.29. The third kappa shape index (κ3) is 4.78. The molecule has 1 saturated heterocycles. The van der Waals surface area contributed by atoms with Crippen molar-refractivity contribution in [2.45, 2.75) is 6.61 Å². The predicted octanol–water partition coefficient (Wildman–Crippen LogP) is 2.99. The van der Waals surface area contributed by atoms with Gasteiger partial charge in [-0.1, -0.05) is 30.3 Å². The van der Waals surface area contributed by atoms with Crippen LogP contribution in [0, 0.1) is 0 Å². The first-order valence-electron chi connectivity index (χ1n) is 9.84. The van der Waals surface area contributed by atoms with E-state index in [0.29, 0.717) is 19.7 Å². The maximum atomic E-state index is 12.5. The van der Waals surface area contributed by atoms with E-state index >= 15 is 0 Å². The molecule has 1 aliphatic rings. The number of urea groups is 1. The summed E-state index contributed by atoms with van der Waals surface area (Å²) in [7, 11) is 0. The van der Waals surface area contributed by atoms with Crippen LogP contribution < -0.4 is 20.7 Å². The number of amides is 2. The van der Waals surface area contributed by atoms with Gasteiger partial charge in [0.05, 0.1) is 11.4 Å². The highest BCUT2D eigenvalue weighted by Gasteiger charge is 2.23. The van der Waals surface area contributed by atoms with Gasteiger partial charge in [-0.2, -0.15) is 0 Å². The molecule has 0 unspecified atom stereocenters. The average Bonchev–Trinajstić information content (AvgIpc) is 2.79. The second-order valence-electron chi connectivity index (χ2n) is 6.93. The van der Waals surface area contributed by atoms with Gasteiger partial charge < -0.3 is 25.6 Å². The maximum absolute atomic E-state index is 12.5. The van der Waals surface area contributed by atoms with E-state index in [9.17, 15) is 4.79 Å². The number of carbonyl (C=O) groups excluding carboxylic acids is 1. The van der Waals surface area contributed by atoms with Gasteiger partial charge >= 0.3 is 6.03 Å². The number of para-hydroxylation sites is 3. The van der Waals surface area contributed by atoms with E-state index in [1.54, 1.807) is 12.3 Å². The number of rotatable bonds is 5. The Bertz CT molecular complexity index is 990. The van der Waals surface area contributed by atoms with Crippen molar-refractivity contribution in [2.24, 2.45) is 0 Å². The average molecular weight is 404 g/mol. The Morgan fingerprint density at radius 3 is 2.50 bits per heavy atom. The lowest BCUT2D eigenvalue weighted by Crippen LogP contribution is -2.50. The molecule has 0 bridgehead atoms. The van der Waals surface area contributed by atoms with E-state index in [1.165, 1.54) is 0 Å². The molecule has 30 heavy (non-hydrogen) atoms. The minimum Gasteiger partial charge on any atom is -0.485 e. The SMILES string of the molecule is Nc1nccc(COc2ccccc2N2CCN(C(=O)Nc3ccccc3)CC2)n1. The topological polar surface area (TPSA) is 96.6 Å². The molecule has 4 rings (SSSR count). The molecule has 1 aromatic heterocycles. The first-order chi connectivity index (χ1) is 14.7. The molecule has 8 heteroatoms. The molecule has 0 aliphatic carbocycles. The molecular weight excluding hydrogens is 380 g/mol. The van der Waals surface area contributed by atoms with E-state index in [2.05, 4.69) is 20.2 Å². The van der Waals surface area contributed by atoms with E-state index in [1.807, 2.05) is 59.5 Å². The van der Waals surface area contributed by atoms with Gasteiger partial charge in [-0.05, 0) is 30.3 Å². The summed E-state index contributed by atoms with van der Waals surface area (Å²) < 4.78 is 6.00. The molecule has 2 amide bonds. The Hall–Kier alpha value is -3.81. The Balaban J connectivity index is 1.36. The van der Waals surface area contributed by atoms with Crippen molar-refractivity contribution in [3.8, 4) is 5.75 Å². The number of nitrogens with one attached hydrogen (secondary N) is 1. The summed E-state index contributed by atoms with van der Waals surface area (Å²) in [5.74, 6) is 1.01. The van der Waals surface area contributed by atoms with Gasteiger partial charge in [0.15, 0.2) is 0 Å². The van der Waals surface area contributed by atoms with Gasteiger partial charge in [-0.3, -0.25) is 0 Å². The van der Waals surface area contributed by atoms with Crippen molar-refractivity contribution < 1.29 is 9.53 Å². The standard InChI is InChI=1S/C22H24N6O2/c23-21-24-11-10-18(25-21)16-30-20-9-5-4-8-19(20)27-12-14-28(15-13-27)22(29)26-17-6-2-1-3-7-17/h1-11H,12-16H2,(H,26,29)(H2,23,24,25). The summed E-state index contributed by atoms with van der Waals surface area (Å²) in [6, 6.07) is 19.1. The lowest BCUT2D eigenvalue weighted by atomic mass is 10.2. The van der Waals surface area contributed by atoms with Crippen molar-refractivity contribution in [3.05, 3.63) is 72.6 Å². The fourth-order valence-electron chi connectivity index (χ4n) is 3.36. The van der Waals surface area contributed by atoms with Crippen molar-refractivity contribution >= 4 is 23.4 Å². The third-order valence-electron chi connectivity index (χ3n) is 4.91. The summed E-state index contributed by atoms with van der Waals surface area (Å²) in [6.45, 7) is 3.03. The van der Waals surface area contributed by atoms with Crippen LogP contribution in [-0.2, 0) is 6.61 Å². The molecule has 0 radical (unpaired) electrons. The smallest absolute Gasteiger partial charge is 0.321 e. The van der Waals surface area contributed by atoms with Gasteiger partial charge in [0.1, 0.15) is 12.4 Å². The van der Waals surface area contributed by atoms with Gasteiger partial charge in [-0.15, -0.1) is 0 Å². The second-order valence-corrected chi connectivity index (χ2v) is 6.93. The largest absolute Gasteiger partial charge is 0.485 e. The third-order valence-corrected chi connectivity index (χ3v) is 4.91. The van der Waals surface area contributed by atoms with Crippen LogP contribution in [0.5, 0.6) is 5.75 Å². The minimum atomic E-state index is -0.0771. The Morgan fingerprint density at radius 2 is 1.73 bits per heavy atom. The minimum absolute atomic E-state index is 0.0771. The number of nitrogen functional groups attached to an aromatic ring is 1. The van der Waals surface area contributed by atoms with E-state index in [-0.39, 0.29) is 12.0 Å². The molecule has 1 fully saturated rings. The molecular formula is C22H24N6O2. The fraction of sp³-hybridized carbons (Fsp3) is 0.227. The Kier molecular flexibility index (Phi) is 5.93. The number of nitrogens with zero attached hydrogens (tertiary/aromatic N) is 4. The van der Waals surface area contributed by atoms with Crippen molar-refractivity contribution in [1.29, 1.82) is 0 Å². The highest BCUT2D eigenvalue weighted by atomic mass is 16.5. The van der Waals surface area contributed by atoms with Crippen LogP contribution >= 0.6 is 0 Å². The lowest BCUT2D eigenvalue weighted by Gasteiger charge is -2.36. The number of anilines is 3. The maximum Gasteiger partial charge on any atom is 0.321 e. The van der Waals surface area contributed by atoms with Crippen LogP contribution in [0.25, 0.3) is 0 Å². The number of benzene rings is 2. The molecule has 2 aromatic carbocycles. The van der Waals surface area contributed by atoms with Crippen molar-refractivity contribution in [2.75, 3.05) is 42.1 Å². The number of aromatic nitrogens is 2. The number of piperazine rings is 1. The van der Waals surface area contributed by atoms with Crippen LogP contribution in [0.1, 0.15) is 5.69 Å². The van der Waals surface area contributed by atoms with Crippen molar-refractivity contribution in [1.82, 2.24) is 14.9 Å². The molecule has 8 nitrogen and oxygen atoms in total. The van der Waals surface area contributed by atoms with Crippen LogP contribution in [0.3, 0.4) is 0 Å². The molecule has 0 atom stereocenters. The molecule has 2 heterocycles. The monoisotopic (exact) mass is 404 g/mol. The molecule has 3 aromatic rings. The molecule has 0 saturated carbocycles. The molecule has 154 valence electrons. The van der Waals surface area contributed by atoms with Crippen LogP contribution in [-0.4, -0.2) is 47.1 Å². The summed E-state index contributed by atoms with van der Waals surface area (Å²) in [5.41, 5.74) is 8.16. The summed E-state index contributed by atoms with van der Waals surface area (Å²) in [6.07, 6.45) is 1.62. The molecule has 0 spiro atoms. The molecule has 1 aliphatic heterocycles. The summed E-state index contributed by atoms with van der Waals surface area (Å²) >= 11 is 0. The second kappa shape index (κ2) is 9.13. The van der Waals surface area contributed by atoms with Gasteiger partial charge in [0.2, 0.25) is 5.95 Å². The van der Waals surface area contributed by atoms with Crippen molar-refractivity contribution in [3.63, 3.8) is 0 Å². The first kappa shape index (κ1) is 19.5. The Labute approximate surface area is 175 Å². The first-order valence-corrected chi connectivity index (χ1v) is 9.84. The zero-order chi connectivity index (χ0) is 20.8. The normalized spacial score (nSPS) is 13.7. The number of nitrogens with two attached hydrogens (primary N) is 1. The summed E-state index contributed by atoms with van der Waals surface area (Å²) in [5, 5.41) is 2.94. The van der Waals surface area contributed by atoms with Gasteiger partial charge in [0, 0.05) is 38.1 Å². The predicted molar refractivity (Wildman–Crippen MR) is 116 cm³/mol. The fourth-order valence-corrected chi connectivity index (χ4v) is 3.36. The van der Waals surface area contributed by atoms with E-state index in [0.717, 1.165) is 35.9 Å². The number of carbonyl (C=O) groups is 1. The van der Waals surface area contributed by atoms with Gasteiger partial charge in [0.25, 0.3) is 0 Å². The van der Waals surface area contributed by atoms with Gasteiger partial charge in [-0.25, -0.2) is 14.8 Å². The lowest BCUT2D eigenvalue weighted by molar-refractivity contribution is 0.208. The van der Waals surface area contributed by atoms with Crippen LogP contribution in [0.15, 0.2) is 66.9 Å². The van der Waals surface area contributed by atoms with E-state index in [4.69, 9.17) is 10.5 Å². The summed E-state index contributed by atoms with van der Waals surface area (Å²) in [4.78, 5) is 24.6. The zero-order valence-electron chi connectivity index (χ0n) is 16.6. The highest BCUT2D eigenvalue weighted by molar-refractivity contribution is 5.89. The number of hydrogen-bond acceptors (Lipinski definition) is 6. The van der Waals surface area contributed by atoms with E-state index < -0.39 is 0 Å². The number of hydrogen-bond donors (Lipinski definition) is 2. The van der Waals surface area contributed by atoms with Crippen LogP contribution in [0.2, 0.25) is 0 Å². The van der Waals surface area contributed by atoms with Crippen LogP contribution in [0.4, 0.5) is 22.1 Å². The molecule has 3 N–H and O–H groups in total. The Morgan fingerprint density at radius 1 is 1.00 bits per heavy atom.